The Morgan fingerprint density at radius 3 is 2.72 bits per heavy atom. The van der Waals surface area contributed by atoms with Crippen LogP contribution in [0.25, 0.3) is 10.6 Å². The standard InChI is InChI=1S/C19H19N3O2S/c1-13-17(25-19(22-13)15-4-3-10-20-12-15)18(23)21-11-9-14-5-7-16(24-2)8-6-14/h3-8,10,12H,9,11H2,1-2H3,(H,21,23). The van der Waals surface area contributed by atoms with Crippen molar-refractivity contribution in [3.8, 4) is 16.3 Å². The molecule has 0 fully saturated rings. The first-order valence-electron chi connectivity index (χ1n) is 7.96. The van der Waals surface area contributed by atoms with Crippen molar-refractivity contribution in [1.29, 1.82) is 0 Å². The van der Waals surface area contributed by atoms with E-state index in [0.717, 1.165) is 34.0 Å². The van der Waals surface area contributed by atoms with Gasteiger partial charge in [-0.05, 0) is 43.2 Å². The molecule has 2 heterocycles. The maximum Gasteiger partial charge on any atom is 0.263 e. The van der Waals surface area contributed by atoms with Gasteiger partial charge in [-0.2, -0.15) is 0 Å². The van der Waals surface area contributed by atoms with Gasteiger partial charge in [0.1, 0.15) is 15.6 Å². The molecule has 0 aliphatic heterocycles. The zero-order valence-electron chi connectivity index (χ0n) is 14.2. The molecule has 0 spiro atoms. The van der Waals surface area contributed by atoms with Gasteiger partial charge in [0.15, 0.2) is 0 Å². The highest BCUT2D eigenvalue weighted by Gasteiger charge is 2.15. The minimum Gasteiger partial charge on any atom is -0.497 e. The fraction of sp³-hybridized carbons (Fsp3) is 0.211. The zero-order valence-corrected chi connectivity index (χ0v) is 15.0. The lowest BCUT2D eigenvalue weighted by atomic mass is 10.1. The van der Waals surface area contributed by atoms with Crippen LogP contribution in [0.5, 0.6) is 5.75 Å². The average Bonchev–Trinajstić information content (AvgIpc) is 3.05. The van der Waals surface area contributed by atoms with Crippen molar-refractivity contribution in [2.45, 2.75) is 13.3 Å². The molecule has 3 rings (SSSR count). The molecule has 0 aliphatic carbocycles. The van der Waals surface area contributed by atoms with Crippen molar-refractivity contribution in [1.82, 2.24) is 15.3 Å². The Balaban J connectivity index is 1.60. The van der Waals surface area contributed by atoms with E-state index >= 15 is 0 Å². The summed E-state index contributed by atoms with van der Waals surface area (Å²) in [5.74, 6) is 0.745. The van der Waals surface area contributed by atoms with Crippen LogP contribution < -0.4 is 10.1 Å². The smallest absolute Gasteiger partial charge is 0.263 e. The van der Waals surface area contributed by atoms with E-state index in [-0.39, 0.29) is 5.91 Å². The third-order valence-electron chi connectivity index (χ3n) is 3.77. The summed E-state index contributed by atoms with van der Waals surface area (Å²) in [7, 11) is 1.65. The van der Waals surface area contributed by atoms with Gasteiger partial charge < -0.3 is 10.1 Å². The number of carbonyl (C=O) groups excluding carboxylic acids is 1. The van der Waals surface area contributed by atoms with Crippen molar-refractivity contribution in [2.75, 3.05) is 13.7 Å². The molecule has 0 radical (unpaired) electrons. The van der Waals surface area contributed by atoms with E-state index in [1.807, 2.05) is 43.3 Å². The number of aromatic nitrogens is 2. The number of hydrogen-bond acceptors (Lipinski definition) is 5. The van der Waals surface area contributed by atoms with Crippen LogP contribution in [0.2, 0.25) is 0 Å². The summed E-state index contributed by atoms with van der Waals surface area (Å²) in [6.45, 7) is 2.43. The minimum atomic E-state index is -0.0846. The van der Waals surface area contributed by atoms with E-state index in [1.165, 1.54) is 11.3 Å². The molecule has 3 aromatic rings. The summed E-state index contributed by atoms with van der Waals surface area (Å²) in [4.78, 5) is 21.7. The number of hydrogen-bond donors (Lipinski definition) is 1. The van der Waals surface area contributed by atoms with E-state index in [9.17, 15) is 4.79 Å². The van der Waals surface area contributed by atoms with Gasteiger partial charge in [0.05, 0.1) is 12.8 Å². The van der Waals surface area contributed by atoms with Crippen molar-refractivity contribution in [3.05, 3.63) is 64.9 Å². The predicted octanol–water partition coefficient (Wildman–Crippen LogP) is 3.49. The third-order valence-corrected chi connectivity index (χ3v) is 4.97. The van der Waals surface area contributed by atoms with Gasteiger partial charge in [-0.3, -0.25) is 9.78 Å². The van der Waals surface area contributed by atoms with Gasteiger partial charge in [-0.15, -0.1) is 11.3 Å². The Bertz CT molecular complexity index is 845. The lowest BCUT2D eigenvalue weighted by Gasteiger charge is -2.05. The largest absolute Gasteiger partial charge is 0.497 e. The van der Waals surface area contributed by atoms with Gasteiger partial charge in [-0.1, -0.05) is 12.1 Å². The summed E-state index contributed by atoms with van der Waals surface area (Å²) in [6, 6.07) is 11.7. The normalized spacial score (nSPS) is 10.5. The Hall–Kier alpha value is -2.73. The van der Waals surface area contributed by atoms with Crippen LogP contribution >= 0.6 is 11.3 Å². The SMILES string of the molecule is COc1ccc(CCNC(=O)c2sc(-c3cccnc3)nc2C)cc1. The molecule has 0 atom stereocenters. The van der Waals surface area contributed by atoms with Crippen molar-refractivity contribution >= 4 is 17.2 Å². The number of thiazole rings is 1. The number of nitrogens with one attached hydrogen (secondary N) is 1. The van der Waals surface area contributed by atoms with Crippen molar-refractivity contribution in [3.63, 3.8) is 0 Å². The highest BCUT2D eigenvalue weighted by atomic mass is 32.1. The second-order valence-electron chi connectivity index (χ2n) is 5.53. The lowest BCUT2D eigenvalue weighted by Crippen LogP contribution is -2.25. The van der Waals surface area contributed by atoms with E-state index < -0.39 is 0 Å². The number of ether oxygens (including phenoxy) is 1. The van der Waals surface area contributed by atoms with E-state index in [1.54, 1.807) is 19.5 Å². The number of carbonyl (C=O) groups is 1. The molecule has 6 heteroatoms. The van der Waals surface area contributed by atoms with E-state index in [2.05, 4.69) is 15.3 Å². The first-order valence-corrected chi connectivity index (χ1v) is 8.78. The summed E-state index contributed by atoms with van der Waals surface area (Å²) in [5.41, 5.74) is 2.82. The van der Waals surface area contributed by atoms with E-state index in [4.69, 9.17) is 4.74 Å². The minimum absolute atomic E-state index is 0.0846. The van der Waals surface area contributed by atoms with Gasteiger partial charge in [0.2, 0.25) is 0 Å². The highest BCUT2D eigenvalue weighted by molar-refractivity contribution is 7.17. The molecule has 128 valence electrons. The van der Waals surface area contributed by atoms with E-state index in [0.29, 0.717) is 11.4 Å². The lowest BCUT2D eigenvalue weighted by molar-refractivity contribution is 0.0957. The van der Waals surface area contributed by atoms with Gasteiger partial charge in [-0.25, -0.2) is 4.98 Å². The summed E-state index contributed by atoms with van der Waals surface area (Å²) in [5, 5.41) is 3.78. The Labute approximate surface area is 150 Å². The molecular formula is C19H19N3O2S. The van der Waals surface area contributed by atoms with Crippen LogP contribution in [0.3, 0.4) is 0 Å². The van der Waals surface area contributed by atoms with Crippen molar-refractivity contribution < 1.29 is 9.53 Å². The number of aryl methyl sites for hydroxylation is 1. The molecule has 0 saturated carbocycles. The first-order chi connectivity index (χ1) is 12.2. The van der Waals surface area contributed by atoms with Crippen molar-refractivity contribution in [2.24, 2.45) is 0 Å². The Morgan fingerprint density at radius 1 is 1.24 bits per heavy atom. The molecule has 0 unspecified atom stereocenters. The monoisotopic (exact) mass is 353 g/mol. The maximum atomic E-state index is 12.4. The summed E-state index contributed by atoms with van der Waals surface area (Å²) >= 11 is 1.39. The predicted molar refractivity (Wildman–Crippen MR) is 99.1 cm³/mol. The first kappa shape index (κ1) is 17.1. The van der Waals surface area contributed by atoms with Gasteiger partial charge in [0.25, 0.3) is 5.91 Å². The summed E-state index contributed by atoms with van der Waals surface area (Å²) < 4.78 is 5.14. The molecule has 5 nitrogen and oxygen atoms in total. The molecule has 1 N–H and O–H groups in total. The highest BCUT2D eigenvalue weighted by Crippen LogP contribution is 2.27. The fourth-order valence-corrected chi connectivity index (χ4v) is 3.39. The topological polar surface area (TPSA) is 64.1 Å². The number of rotatable bonds is 6. The zero-order chi connectivity index (χ0) is 17.6. The van der Waals surface area contributed by atoms with Gasteiger partial charge in [0, 0.05) is 24.5 Å². The molecule has 2 aromatic heterocycles. The molecule has 0 bridgehead atoms. The quantitative estimate of drug-likeness (QED) is 0.737. The van der Waals surface area contributed by atoms with Crippen LogP contribution in [0.4, 0.5) is 0 Å². The number of amides is 1. The second-order valence-corrected chi connectivity index (χ2v) is 6.53. The number of benzene rings is 1. The molecule has 1 amide bonds. The molecule has 0 aliphatic rings. The summed E-state index contributed by atoms with van der Waals surface area (Å²) in [6.07, 6.45) is 4.24. The van der Waals surface area contributed by atoms with Crippen LogP contribution in [-0.2, 0) is 6.42 Å². The number of nitrogens with zero attached hydrogens (tertiary/aromatic N) is 2. The average molecular weight is 353 g/mol. The Morgan fingerprint density at radius 2 is 2.04 bits per heavy atom. The van der Waals surface area contributed by atoms with Crippen LogP contribution in [0.1, 0.15) is 20.9 Å². The molecular weight excluding hydrogens is 334 g/mol. The molecule has 0 saturated heterocycles. The maximum absolute atomic E-state index is 12.4. The third kappa shape index (κ3) is 4.22. The number of methoxy groups -OCH3 is 1. The van der Waals surface area contributed by atoms with Gasteiger partial charge >= 0.3 is 0 Å². The molecule has 1 aromatic carbocycles. The fourth-order valence-electron chi connectivity index (χ4n) is 2.41. The van der Waals surface area contributed by atoms with Crippen LogP contribution in [-0.4, -0.2) is 29.5 Å². The van der Waals surface area contributed by atoms with Crippen LogP contribution in [0, 0.1) is 6.92 Å². The molecule has 25 heavy (non-hydrogen) atoms. The Kier molecular flexibility index (Phi) is 5.40. The second kappa shape index (κ2) is 7.90. The number of pyridine rings is 1. The van der Waals surface area contributed by atoms with Crippen LogP contribution in [0.15, 0.2) is 48.8 Å².